The Morgan fingerprint density at radius 3 is 2.43 bits per heavy atom. The van der Waals surface area contributed by atoms with Gasteiger partial charge in [-0.15, -0.1) is 0 Å². The molecule has 1 aromatic heterocycles. The minimum absolute atomic E-state index is 0.181. The Bertz CT molecular complexity index is 1430. The van der Waals surface area contributed by atoms with Crippen LogP contribution >= 0.6 is 22.9 Å². The van der Waals surface area contributed by atoms with Crippen molar-refractivity contribution < 1.29 is 9.53 Å². The molecule has 1 atom stereocenters. The molecule has 0 spiro atoms. The van der Waals surface area contributed by atoms with Crippen LogP contribution in [0.1, 0.15) is 69.2 Å². The van der Waals surface area contributed by atoms with Gasteiger partial charge in [0.2, 0.25) is 0 Å². The molecule has 2 aromatic carbocycles. The lowest BCUT2D eigenvalue weighted by atomic mass is 9.92. The first-order valence-electron chi connectivity index (χ1n) is 11.9. The molecule has 0 radical (unpaired) electrons. The molecule has 35 heavy (non-hydrogen) atoms. The zero-order valence-electron chi connectivity index (χ0n) is 20.4. The SMILES string of the molecule is CCCC1=C(C(=O)OCC)[C@H](c2ccc(C(C)C)cc2)n2c(s/c(=C\c3ccc(Cl)cc3)c2=O)=N1. The molecule has 1 aliphatic heterocycles. The molecule has 0 N–H and O–H groups in total. The number of carbonyl (C=O) groups is 1. The van der Waals surface area contributed by atoms with Crippen LogP contribution in [0, 0.1) is 0 Å². The number of esters is 1. The molecule has 0 saturated heterocycles. The van der Waals surface area contributed by atoms with Crippen LogP contribution in [-0.2, 0) is 9.53 Å². The average Bonchev–Trinajstić information content (AvgIpc) is 3.14. The number of allylic oxidation sites excluding steroid dienone is 1. The monoisotopic (exact) mass is 508 g/mol. The molecule has 4 rings (SSSR count). The van der Waals surface area contributed by atoms with Gasteiger partial charge in [0, 0.05) is 5.02 Å². The molecule has 7 heteroatoms. The Morgan fingerprint density at radius 1 is 1.14 bits per heavy atom. The van der Waals surface area contributed by atoms with Gasteiger partial charge in [-0.25, -0.2) is 9.79 Å². The van der Waals surface area contributed by atoms with Gasteiger partial charge in [0.25, 0.3) is 5.56 Å². The number of thiazole rings is 1. The highest BCUT2D eigenvalue weighted by Crippen LogP contribution is 2.33. The molecular weight excluding hydrogens is 480 g/mol. The first-order chi connectivity index (χ1) is 16.8. The minimum atomic E-state index is -0.597. The van der Waals surface area contributed by atoms with Gasteiger partial charge in [-0.1, -0.05) is 86.5 Å². The third-order valence-electron chi connectivity index (χ3n) is 5.98. The number of rotatable bonds is 7. The molecule has 2 heterocycles. The number of hydrogen-bond donors (Lipinski definition) is 0. The fourth-order valence-corrected chi connectivity index (χ4v) is 5.36. The number of fused-ring (bicyclic) bond motifs is 1. The summed E-state index contributed by atoms with van der Waals surface area (Å²) in [6.07, 6.45) is 3.28. The van der Waals surface area contributed by atoms with Gasteiger partial charge in [-0.2, -0.15) is 0 Å². The van der Waals surface area contributed by atoms with E-state index in [0.717, 1.165) is 17.5 Å². The van der Waals surface area contributed by atoms with Crippen LogP contribution in [0.3, 0.4) is 0 Å². The molecule has 0 unspecified atom stereocenters. The molecule has 3 aromatic rings. The van der Waals surface area contributed by atoms with Crippen LogP contribution in [0.25, 0.3) is 6.08 Å². The quantitative estimate of drug-likeness (QED) is 0.404. The smallest absolute Gasteiger partial charge is 0.338 e. The molecule has 1 aliphatic rings. The van der Waals surface area contributed by atoms with Gasteiger partial charge in [0.1, 0.15) is 0 Å². The molecule has 0 fully saturated rings. The molecule has 0 aliphatic carbocycles. The zero-order chi connectivity index (χ0) is 25.1. The van der Waals surface area contributed by atoms with E-state index in [0.29, 0.717) is 38.0 Å². The summed E-state index contributed by atoms with van der Waals surface area (Å²) in [5, 5.41) is 0.636. The van der Waals surface area contributed by atoms with E-state index in [9.17, 15) is 9.59 Å². The normalized spacial score (nSPS) is 15.8. The minimum Gasteiger partial charge on any atom is -0.463 e. The van der Waals surface area contributed by atoms with E-state index in [-0.39, 0.29) is 12.2 Å². The van der Waals surface area contributed by atoms with Crippen molar-refractivity contribution in [1.29, 1.82) is 0 Å². The Hall–Kier alpha value is -2.96. The van der Waals surface area contributed by atoms with E-state index in [1.54, 1.807) is 23.6 Å². The number of aromatic nitrogens is 1. The van der Waals surface area contributed by atoms with Gasteiger partial charge in [-0.3, -0.25) is 9.36 Å². The lowest BCUT2D eigenvalue weighted by Gasteiger charge is -2.26. The van der Waals surface area contributed by atoms with E-state index < -0.39 is 12.0 Å². The van der Waals surface area contributed by atoms with Crippen molar-refractivity contribution in [2.24, 2.45) is 4.99 Å². The Labute approximate surface area is 214 Å². The summed E-state index contributed by atoms with van der Waals surface area (Å²) in [5.41, 5.74) is 3.87. The van der Waals surface area contributed by atoms with Gasteiger partial charge < -0.3 is 4.74 Å². The van der Waals surface area contributed by atoms with Gasteiger partial charge in [0.05, 0.1) is 28.5 Å². The van der Waals surface area contributed by atoms with Crippen LogP contribution in [0.4, 0.5) is 0 Å². The van der Waals surface area contributed by atoms with E-state index in [1.807, 2.05) is 37.3 Å². The first-order valence-corrected chi connectivity index (χ1v) is 13.1. The highest BCUT2D eigenvalue weighted by molar-refractivity contribution is 7.07. The van der Waals surface area contributed by atoms with E-state index >= 15 is 0 Å². The van der Waals surface area contributed by atoms with Crippen molar-refractivity contribution >= 4 is 35.0 Å². The molecular formula is C28H29ClN2O3S. The maximum Gasteiger partial charge on any atom is 0.338 e. The van der Waals surface area contributed by atoms with Crippen LogP contribution in [-0.4, -0.2) is 17.1 Å². The van der Waals surface area contributed by atoms with E-state index in [2.05, 4.69) is 26.0 Å². The summed E-state index contributed by atoms with van der Waals surface area (Å²) in [4.78, 5) is 32.3. The molecule has 0 amide bonds. The van der Waals surface area contributed by atoms with Crippen molar-refractivity contribution in [2.75, 3.05) is 6.61 Å². The van der Waals surface area contributed by atoms with Crippen molar-refractivity contribution in [3.8, 4) is 0 Å². The second-order valence-electron chi connectivity index (χ2n) is 8.79. The fraction of sp³-hybridized carbons (Fsp3) is 0.321. The van der Waals surface area contributed by atoms with Crippen LogP contribution in [0.15, 0.2) is 69.6 Å². The number of benzene rings is 2. The van der Waals surface area contributed by atoms with Crippen molar-refractivity contribution in [1.82, 2.24) is 4.57 Å². The fourth-order valence-electron chi connectivity index (χ4n) is 4.21. The predicted octanol–water partition coefficient (Wildman–Crippen LogP) is 5.36. The van der Waals surface area contributed by atoms with Crippen molar-refractivity contribution in [2.45, 2.75) is 52.5 Å². The molecule has 0 saturated carbocycles. The van der Waals surface area contributed by atoms with Gasteiger partial charge in [-0.05, 0) is 54.2 Å². The number of hydrogen-bond acceptors (Lipinski definition) is 5. The lowest BCUT2D eigenvalue weighted by molar-refractivity contribution is -0.139. The number of carbonyl (C=O) groups excluding carboxylic acids is 1. The third kappa shape index (κ3) is 5.19. The topological polar surface area (TPSA) is 60.7 Å². The third-order valence-corrected chi connectivity index (χ3v) is 7.21. The second-order valence-corrected chi connectivity index (χ2v) is 10.2. The predicted molar refractivity (Wildman–Crippen MR) is 142 cm³/mol. The molecule has 182 valence electrons. The summed E-state index contributed by atoms with van der Waals surface area (Å²) >= 11 is 7.35. The average molecular weight is 509 g/mol. The zero-order valence-corrected chi connectivity index (χ0v) is 21.9. The van der Waals surface area contributed by atoms with E-state index in [4.69, 9.17) is 21.3 Å². The van der Waals surface area contributed by atoms with Crippen LogP contribution in [0.5, 0.6) is 0 Å². The first kappa shape index (κ1) is 25.1. The van der Waals surface area contributed by atoms with E-state index in [1.165, 1.54) is 16.9 Å². The summed E-state index contributed by atoms with van der Waals surface area (Å²) < 4.78 is 7.64. The molecule has 0 bridgehead atoms. The number of nitrogens with zero attached hydrogens (tertiary/aromatic N) is 2. The maximum absolute atomic E-state index is 13.7. The Morgan fingerprint density at radius 2 is 1.83 bits per heavy atom. The second kappa shape index (κ2) is 10.8. The summed E-state index contributed by atoms with van der Waals surface area (Å²) in [7, 11) is 0. The summed E-state index contributed by atoms with van der Waals surface area (Å²) in [6, 6.07) is 14.9. The van der Waals surface area contributed by atoms with Gasteiger partial charge >= 0.3 is 5.97 Å². The Kier molecular flexibility index (Phi) is 7.72. The van der Waals surface area contributed by atoms with Crippen LogP contribution < -0.4 is 14.9 Å². The maximum atomic E-state index is 13.7. The molecule has 5 nitrogen and oxygen atoms in total. The number of ether oxygens (including phenoxy) is 1. The van der Waals surface area contributed by atoms with Crippen LogP contribution in [0.2, 0.25) is 5.02 Å². The summed E-state index contributed by atoms with van der Waals surface area (Å²) in [6.45, 7) is 8.36. The number of halogens is 1. The highest BCUT2D eigenvalue weighted by Gasteiger charge is 2.34. The standard InChI is InChI=1S/C28H29ClN2O3S/c1-5-7-22-24(27(33)34-6-2)25(20-12-10-19(11-13-20)17(3)4)31-26(32)23(35-28(31)30-22)16-18-8-14-21(29)15-9-18/h8-17,25H,5-7H2,1-4H3/b23-16-/t25-/m0/s1. The summed E-state index contributed by atoms with van der Waals surface area (Å²) in [5.74, 6) is -0.0502. The Balaban J connectivity index is 1.97. The van der Waals surface area contributed by atoms with Crippen molar-refractivity contribution in [3.05, 3.63) is 101 Å². The van der Waals surface area contributed by atoms with Gasteiger partial charge in [0.15, 0.2) is 4.80 Å². The van der Waals surface area contributed by atoms with Crippen molar-refractivity contribution in [3.63, 3.8) is 0 Å². The lowest BCUT2D eigenvalue weighted by Crippen LogP contribution is -2.40. The largest absolute Gasteiger partial charge is 0.463 e. The highest BCUT2D eigenvalue weighted by atomic mass is 35.5.